The molecule has 0 unspecified atom stereocenters. The molecule has 0 aliphatic rings. The van der Waals surface area contributed by atoms with E-state index < -0.39 is 5.60 Å². The van der Waals surface area contributed by atoms with Crippen molar-refractivity contribution in [3.05, 3.63) is 29.8 Å². The fourth-order valence-corrected chi connectivity index (χ4v) is 1.41. The van der Waals surface area contributed by atoms with Crippen LogP contribution < -0.4 is 5.46 Å². The highest BCUT2D eigenvalue weighted by atomic mass is 16.3. The van der Waals surface area contributed by atoms with Crippen molar-refractivity contribution in [2.75, 3.05) is 0 Å². The first-order valence-electron chi connectivity index (χ1n) is 5.04. The van der Waals surface area contributed by atoms with Crippen LogP contribution in [-0.4, -0.2) is 18.6 Å². The number of aryl methyl sites for hydroxylation is 1. The Hall–Kier alpha value is -0.755. The fourth-order valence-electron chi connectivity index (χ4n) is 1.41. The van der Waals surface area contributed by atoms with Crippen LogP contribution in [0.25, 0.3) is 0 Å². The second-order valence-corrected chi connectivity index (χ2v) is 4.41. The molecular formula is C12H17BO. The lowest BCUT2D eigenvalue weighted by molar-refractivity contribution is 0.0689. The van der Waals surface area contributed by atoms with E-state index in [0.29, 0.717) is 0 Å². The SMILES string of the molecule is [B]c1ccc(CCCC(C)(C)O)cc1. The Bertz CT molecular complexity index is 271. The van der Waals surface area contributed by atoms with Crippen LogP contribution in [0.1, 0.15) is 32.3 Å². The topological polar surface area (TPSA) is 20.2 Å². The molecule has 0 heterocycles. The number of rotatable bonds is 4. The Labute approximate surface area is 87.6 Å². The predicted molar refractivity (Wildman–Crippen MR) is 61.1 cm³/mol. The van der Waals surface area contributed by atoms with E-state index in [0.717, 1.165) is 24.7 Å². The van der Waals surface area contributed by atoms with Crippen LogP contribution in [0.3, 0.4) is 0 Å². The van der Waals surface area contributed by atoms with Gasteiger partial charge in [-0.2, -0.15) is 0 Å². The summed E-state index contributed by atoms with van der Waals surface area (Å²) in [5, 5.41) is 9.52. The lowest BCUT2D eigenvalue weighted by Crippen LogP contribution is -2.18. The Morgan fingerprint density at radius 3 is 2.29 bits per heavy atom. The first-order valence-corrected chi connectivity index (χ1v) is 5.04. The summed E-state index contributed by atoms with van der Waals surface area (Å²) in [7, 11) is 5.58. The maximum absolute atomic E-state index is 9.52. The third kappa shape index (κ3) is 4.47. The minimum Gasteiger partial charge on any atom is -0.390 e. The second kappa shape index (κ2) is 4.65. The largest absolute Gasteiger partial charge is 0.390 e. The summed E-state index contributed by atoms with van der Waals surface area (Å²) in [6.45, 7) is 3.69. The molecule has 74 valence electrons. The van der Waals surface area contributed by atoms with Gasteiger partial charge >= 0.3 is 0 Å². The second-order valence-electron chi connectivity index (χ2n) is 4.41. The molecule has 1 N–H and O–H groups in total. The molecule has 0 aliphatic heterocycles. The van der Waals surface area contributed by atoms with Gasteiger partial charge in [-0.3, -0.25) is 0 Å². The highest BCUT2D eigenvalue weighted by Gasteiger charge is 2.11. The molecule has 0 amide bonds. The van der Waals surface area contributed by atoms with Gasteiger partial charge in [-0.1, -0.05) is 29.7 Å². The minimum absolute atomic E-state index is 0.548. The van der Waals surface area contributed by atoms with E-state index in [4.69, 9.17) is 7.85 Å². The summed E-state index contributed by atoms with van der Waals surface area (Å²) in [5.41, 5.74) is 1.54. The quantitative estimate of drug-likeness (QED) is 0.711. The van der Waals surface area contributed by atoms with Gasteiger partial charge in [0.05, 0.1) is 5.60 Å². The zero-order valence-electron chi connectivity index (χ0n) is 8.96. The summed E-state index contributed by atoms with van der Waals surface area (Å²) >= 11 is 0. The molecule has 1 aromatic rings. The third-order valence-corrected chi connectivity index (χ3v) is 2.23. The predicted octanol–water partition coefficient (Wildman–Crippen LogP) is 1.57. The molecule has 0 spiro atoms. The summed E-state index contributed by atoms with van der Waals surface area (Å²) < 4.78 is 0. The van der Waals surface area contributed by atoms with Gasteiger partial charge in [0.25, 0.3) is 0 Å². The van der Waals surface area contributed by atoms with Crippen LogP contribution in [0.15, 0.2) is 24.3 Å². The summed E-state index contributed by atoms with van der Waals surface area (Å²) in [6, 6.07) is 7.91. The first kappa shape index (κ1) is 11.3. The normalized spacial score (nSPS) is 11.6. The maximum atomic E-state index is 9.52. The van der Waals surface area contributed by atoms with Crippen molar-refractivity contribution in [1.29, 1.82) is 0 Å². The van der Waals surface area contributed by atoms with E-state index in [9.17, 15) is 5.11 Å². The van der Waals surface area contributed by atoms with Crippen LogP contribution in [-0.2, 0) is 6.42 Å². The van der Waals surface area contributed by atoms with Crippen LogP contribution in [0, 0.1) is 0 Å². The number of benzene rings is 1. The van der Waals surface area contributed by atoms with Gasteiger partial charge < -0.3 is 5.11 Å². The Morgan fingerprint density at radius 2 is 1.79 bits per heavy atom. The van der Waals surface area contributed by atoms with Gasteiger partial charge in [-0.15, -0.1) is 0 Å². The lowest BCUT2D eigenvalue weighted by atomic mass is 9.93. The number of hydrogen-bond acceptors (Lipinski definition) is 1. The van der Waals surface area contributed by atoms with Crippen molar-refractivity contribution in [3.63, 3.8) is 0 Å². The van der Waals surface area contributed by atoms with E-state index >= 15 is 0 Å². The molecule has 0 aromatic heterocycles. The average molecular weight is 188 g/mol. The molecule has 2 radical (unpaired) electrons. The molecule has 0 aliphatic carbocycles. The van der Waals surface area contributed by atoms with Gasteiger partial charge in [-0.25, -0.2) is 0 Å². The Balaban J connectivity index is 2.35. The molecular weight excluding hydrogens is 171 g/mol. The van der Waals surface area contributed by atoms with E-state index in [1.54, 1.807) is 0 Å². The summed E-state index contributed by atoms with van der Waals surface area (Å²) in [6.07, 6.45) is 2.84. The zero-order valence-corrected chi connectivity index (χ0v) is 8.96. The molecule has 0 bridgehead atoms. The highest BCUT2D eigenvalue weighted by molar-refractivity contribution is 6.32. The third-order valence-electron chi connectivity index (χ3n) is 2.23. The average Bonchev–Trinajstić information content (AvgIpc) is 2.06. The van der Waals surface area contributed by atoms with Gasteiger partial charge in [0.1, 0.15) is 7.85 Å². The van der Waals surface area contributed by atoms with E-state index in [1.165, 1.54) is 5.56 Å². The maximum Gasteiger partial charge on any atom is 0.113 e. The zero-order chi connectivity index (χ0) is 10.6. The van der Waals surface area contributed by atoms with Crippen molar-refractivity contribution < 1.29 is 5.11 Å². The van der Waals surface area contributed by atoms with E-state index in [1.807, 2.05) is 38.1 Å². The summed E-state index contributed by atoms with van der Waals surface area (Å²) in [5.74, 6) is 0. The molecule has 1 nitrogen and oxygen atoms in total. The highest BCUT2D eigenvalue weighted by Crippen LogP contribution is 2.13. The van der Waals surface area contributed by atoms with Crippen molar-refractivity contribution in [2.24, 2.45) is 0 Å². The molecule has 1 rings (SSSR count). The smallest absolute Gasteiger partial charge is 0.113 e. The van der Waals surface area contributed by atoms with Gasteiger partial charge in [-0.05, 0) is 38.7 Å². The monoisotopic (exact) mass is 188 g/mol. The van der Waals surface area contributed by atoms with Crippen LogP contribution in [0.4, 0.5) is 0 Å². The molecule has 0 saturated heterocycles. The Kier molecular flexibility index (Phi) is 3.76. The van der Waals surface area contributed by atoms with Gasteiger partial charge in [0.2, 0.25) is 0 Å². The molecule has 2 heteroatoms. The number of aliphatic hydroxyl groups is 1. The molecule has 0 atom stereocenters. The first-order chi connectivity index (χ1) is 6.47. The van der Waals surface area contributed by atoms with Crippen molar-refractivity contribution in [1.82, 2.24) is 0 Å². The van der Waals surface area contributed by atoms with E-state index in [-0.39, 0.29) is 0 Å². The van der Waals surface area contributed by atoms with Crippen molar-refractivity contribution >= 4 is 13.3 Å². The van der Waals surface area contributed by atoms with Crippen LogP contribution in [0.2, 0.25) is 0 Å². The minimum atomic E-state index is -0.548. The molecule has 0 saturated carbocycles. The Morgan fingerprint density at radius 1 is 1.21 bits per heavy atom. The molecule has 14 heavy (non-hydrogen) atoms. The lowest BCUT2D eigenvalue weighted by Gasteiger charge is -2.16. The van der Waals surface area contributed by atoms with Crippen molar-refractivity contribution in [3.8, 4) is 0 Å². The fraction of sp³-hybridized carbons (Fsp3) is 0.500. The van der Waals surface area contributed by atoms with E-state index in [2.05, 4.69) is 0 Å². The van der Waals surface area contributed by atoms with Gasteiger partial charge in [0, 0.05) is 0 Å². The van der Waals surface area contributed by atoms with Gasteiger partial charge in [0.15, 0.2) is 0 Å². The standard InChI is InChI=1S/C12H17BO/c1-12(2,14)9-3-4-10-5-7-11(13)8-6-10/h5-8,14H,3-4,9H2,1-2H3. The van der Waals surface area contributed by atoms with Crippen LogP contribution in [0.5, 0.6) is 0 Å². The molecule has 0 fully saturated rings. The van der Waals surface area contributed by atoms with Crippen molar-refractivity contribution in [2.45, 2.75) is 38.7 Å². The number of hydrogen-bond donors (Lipinski definition) is 1. The van der Waals surface area contributed by atoms with Crippen LogP contribution >= 0.6 is 0 Å². The summed E-state index contributed by atoms with van der Waals surface area (Å²) in [4.78, 5) is 0. The molecule has 1 aromatic carbocycles.